The van der Waals surface area contributed by atoms with E-state index < -0.39 is 0 Å². The monoisotopic (exact) mass is 287 g/mol. The van der Waals surface area contributed by atoms with E-state index in [-0.39, 0.29) is 11.3 Å². The highest BCUT2D eigenvalue weighted by molar-refractivity contribution is 5.83. The molecule has 1 saturated heterocycles. The highest BCUT2D eigenvalue weighted by Gasteiger charge is 2.21. The largest absolute Gasteiger partial charge is 0.503 e. The number of hydrogen-bond donors (Lipinski definition) is 2. The summed E-state index contributed by atoms with van der Waals surface area (Å²) in [6.07, 6.45) is 3.31. The Kier molecular flexibility index (Phi) is 3.59. The van der Waals surface area contributed by atoms with Crippen molar-refractivity contribution < 1.29 is 5.11 Å². The van der Waals surface area contributed by atoms with Crippen LogP contribution in [0.15, 0.2) is 29.1 Å². The molecule has 5 nitrogen and oxygen atoms in total. The number of aromatic nitrogens is 1. The van der Waals surface area contributed by atoms with E-state index in [0.29, 0.717) is 18.3 Å². The van der Waals surface area contributed by atoms with Crippen LogP contribution in [0.3, 0.4) is 0 Å². The van der Waals surface area contributed by atoms with Gasteiger partial charge in [0.1, 0.15) is 0 Å². The number of nitrogens with two attached hydrogens (primary N) is 1. The molecule has 0 amide bonds. The van der Waals surface area contributed by atoms with Crippen molar-refractivity contribution in [1.29, 1.82) is 0 Å². The fourth-order valence-corrected chi connectivity index (χ4v) is 3.24. The number of rotatable bonds is 3. The van der Waals surface area contributed by atoms with Crippen LogP contribution in [-0.2, 0) is 6.54 Å². The van der Waals surface area contributed by atoms with E-state index in [1.165, 1.54) is 18.9 Å². The molecule has 0 spiro atoms. The number of fused-ring (bicyclic) bond motifs is 1. The number of nitrogen functional groups attached to an aromatic ring is 1. The van der Waals surface area contributed by atoms with E-state index in [1.54, 1.807) is 16.7 Å². The quantitative estimate of drug-likeness (QED) is 0.844. The second kappa shape index (κ2) is 5.41. The van der Waals surface area contributed by atoms with Crippen molar-refractivity contribution in [3.63, 3.8) is 0 Å². The minimum atomic E-state index is -0.326. The first kappa shape index (κ1) is 13.9. The highest BCUT2D eigenvalue weighted by Crippen LogP contribution is 2.22. The van der Waals surface area contributed by atoms with Crippen molar-refractivity contribution in [2.75, 3.05) is 19.3 Å². The fourth-order valence-electron chi connectivity index (χ4n) is 3.24. The summed E-state index contributed by atoms with van der Waals surface area (Å²) in [6.45, 7) is 1.74. The van der Waals surface area contributed by atoms with Gasteiger partial charge in [-0.1, -0.05) is 0 Å². The molecule has 0 bridgehead atoms. The highest BCUT2D eigenvalue weighted by atomic mass is 16.3. The van der Waals surface area contributed by atoms with Gasteiger partial charge in [-0.25, -0.2) is 0 Å². The van der Waals surface area contributed by atoms with Gasteiger partial charge in [0.05, 0.1) is 5.52 Å². The Bertz CT molecular complexity index is 723. The predicted molar refractivity (Wildman–Crippen MR) is 84.6 cm³/mol. The number of anilines is 1. The average Bonchev–Trinajstić information content (AvgIpc) is 2.85. The van der Waals surface area contributed by atoms with Crippen LogP contribution in [0, 0.1) is 0 Å². The summed E-state index contributed by atoms with van der Waals surface area (Å²) in [5.41, 5.74) is 6.91. The van der Waals surface area contributed by atoms with E-state index in [9.17, 15) is 9.90 Å². The minimum Gasteiger partial charge on any atom is -0.503 e. The molecule has 5 heteroatoms. The minimum absolute atomic E-state index is 0.215. The third-order valence-corrected chi connectivity index (χ3v) is 4.46. The van der Waals surface area contributed by atoms with Gasteiger partial charge in [-0.05, 0) is 57.1 Å². The first-order valence-corrected chi connectivity index (χ1v) is 7.38. The fraction of sp³-hybridized carbons (Fsp3) is 0.438. The number of pyridine rings is 1. The predicted octanol–water partition coefficient (Wildman–Crippen LogP) is 1.77. The molecule has 0 saturated carbocycles. The van der Waals surface area contributed by atoms with Crippen molar-refractivity contribution in [2.24, 2.45) is 0 Å². The van der Waals surface area contributed by atoms with Gasteiger partial charge in [0.2, 0.25) is 0 Å². The zero-order valence-corrected chi connectivity index (χ0v) is 12.2. The molecule has 3 N–H and O–H groups in total. The molecule has 3 rings (SSSR count). The Morgan fingerprint density at radius 2 is 2.19 bits per heavy atom. The molecule has 1 aliphatic rings. The number of aryl methyl sites for hydroxylation is 1. The maximum Gasteiger partial charge on any atom is 0.293 e. The number of nitrogens with zero attached hydrogens (tertiary/aromatic N) is 2. The summed E-state index contributed by atoms with van der Waals surface area (Å²) < 4.78 is 1.66. The van der Waals surface area contributed by atoms with E-state index in [1.807, 2.05) is 6.07 Å². The van der Waals surface area contributed by atoms with Crippen LogP contribution >= 0.6 is 0 Å². The lowest BCUT2D eigenvalue weighted by atomic mass is 10.1. The molecule has 1 unspecified atom stereocenters. The Morgan fingerprint density at radius 3 is 2.90 bits per heavy atom. The third-order valence-electron chi connectivity index (χ3n) is 4.46. The molecular weight excluding hydrogens is 266 g/mol. The molecule has 2 heterocycles. The summed E-state index contributed by atoms with van der Waals surface area (Å²) in [6, 6.07) is 7.43. The molecule has 1 aromatic heterocycles. The average molecular weight is 287 g/mol. The molecular formula is C16H21N3O2. The number of benzene rings is 1. The maximum atomic E-state index is 12.2. The zero-order valence-electron chi connectivity index (χ0n) is 12.2. The molecule has 2 aromatic rings. The second-order valence-electron chi connectivity index (χ2n) is 5.87. The number of aromatic hydroxyl groups is 1. The topological polar surface area (TPSA) is 71.5 Å². The third kappa shape index (κ3) is 2.61. The van der Waals surface area contributed by atoms with E-state index >= 15 is 0 Å². The molecule has 0 radical (unpaired) electrons. The number of hydrogen-bond acceptors (Lipinski definition) is 4. The lowest BCUT2D eigenvalue weighted by Crippen LogP contribution is -2.28. The molecule has 21 heavy (non-hydrogen) atoms. The van der Waals surface area contributed by atoms with Crippen molar-refractivity contribution in [2.45, 2.75) is 31.8 Å². The normalized spacial score (nSPS) is 19.4. The molecule has 1 aliphatic heterocycles. The van der Waals surface area contributed by atoms with Crippen LogP contribution in [0.25, 0.3) is 10.9 Å². The smallest absolute Gasteiger partial charge is 0.293 e. The van der Waals surface area contributed by atoms with Crippen molar-refractivity contribution >= 4 is 16.6 Å². The van der Waals surface area contributed by atoms with Gasteiger partial charge in [-0.2, -0.15) is 0 Å². The van der Waals surface area contributed by atoms with Gasteiger partial charge in [-0.3, -0.25) is 4.79 Å². The van der Waals surface area contributed by atoms with Crippen LogP contribution in [0.4, 0.5) is 5.69 Å². The van der Waals surface area contributed by atoms with Crippen LogP contribution < -0.4 is 11.3 Å². The Labute approximate surface area is 123 Å². The standard InChI is InChI=1S/C16H21N3O2/c1-18-7-2-3-13(18)6-8-19-14-5-4-12(17)9-11(14)10-15(20)16(19)21/h4-5,9-10,13,20H,2-3,6-8,17H2,1H3. The van der Waals surface area contributed by atoms with Crippen LogP contribution in [-0.4, -0.2) is 34.2 Å². The molecule has 1 aromatic carbocycles. The molecule has 0 aliphatic carbocycles. The van der Waals surface area contributed by atoms with Gasteiger partial charge in [0.25, 0.3) is 5.56 Å². The Balaban J connectivity index is 1.96. The van der Waals surface area contributed by atoms with Crippen molar-refractivity contribution in [3.8, 4) is 5.75 Å². The van der Waals surface area contributed by atoms with E-state index in [4.69, 9.17) is 5.73 Å². The summed E-state index contributed by atoms with van der Waals surface area (Å²) in [5.74, 6) is -0.215. The van der Waals surface area contributed by atoms with Crippen LogP contribution in [0.1, 0.15) is 19.3 Å². The summed E-state index contributed by atoms with van der Waals surface area (Å²) >= 11 is 0. The Hall–Kier alpha value is -2.01. The number of likely N-dealkylation sites (tertiary alicyclic amines) is 1. The van der Waals surface area contributed by atoms with Crippen molar-refractivity contribution in [1.82, 2.24) is 9.47 Å². The SMILES string of the molecule is CN1CCCC1CCn1c(=O)c(O)cc2cc(N)ccc21. The molecule has 112 valence electrons. The lowest BCUT2D eigenvalue weighted by Gasteiger charge is -2.20. The lowest BCUT2D eigenvalue weighted by molar-refractivity contribution is 0.286. The van der Waals surface area contributed by atoms with Crippen LogP contribution in [0.2, 0.25) is 0 Å². The summed E-state index contributed by atoms with van der Waals surface area (Å²) in [5, 5.41) is 10.6. The summed E-state index contributed by atoms with van der Waals surface area (Å²) in [7, 11) is 2.13. The van der Waals surface area contributed by atoms with Gasteiger partial charge < -0.3 is 20.3 Å². The van der Waals surface area contributed by atoms with E-state index in [0.717, 1.165) is 23.9 Å². The Morgan fingerprint density at radius 1 is 1.38 bits per heavy atom. The maximum absolute atomic E-state index is 12.2. The first-order valence-electron chi connectivity index (χ1n) is 7.38. The summed E-state index contributed by atoms with van der Waals surface area (Å²) in [4.78, 5) is 14.6. The second-order valence-corrected chi connectivity index (χ2v) is 5.87. The van der Waals surface area contributed by atoms with Gasteiger partial charge in [0, 0.05) is 23.7 Å². The van der Waals surface area contributed by atoms with Crippen LogP contribution in [0.5, 0.6) is 5.75 Å². The van der Waals surface area contributed by atoms with Gasteiger partial charge in [-0.15, -0.1) is 0 Å². The molecule has 1 fully saturated rings. The van der Waals surface area contributed by atoms with E-state index in [2.05, 4.69) is 11.9 Å². The van der Waals surface area contributed by atoms with Gasteiger partial charge in [0.15, 0.2) is 5.75 Å². The zero-order chi connectivity index (χ0) is 15.0. The first-order chi connectivity index (χ1) is 10.1. The molecule has 1 atom stereocenters. The van der Waals surface area contributed by atoms with Gasteiger partial charge >= 0.3 is 0 Å². The van der Waals surface area contributed by atoms with Crippen molar-refractivity contribution in [3.05, 3.63) is 34.6 Å².